The van der Waals surface area contributed by atoms with Crippen molar-refractivity contribution in [2.24, 2.45) is 5.73 Å². The van der Waals surface area contributed by atoms with E-state index in [-0.39, 0.29) is 21.2 Å². The van der Waals surface area contributed by atoms with E-state index in [1.165, 1.54) is 31.3 Å². The number of carbonyl (C=O) groups is 2. The Morgan fingerprint density at radius 3 is 2.25 bits per heavy atom. The van der Waals surface area contributed by atoms with Crippen molar-refractivity contribution < 1.29 is 22.4 Å². The maximum absolute atomic E-state index is 13.2. The number of carbonyl (C=O) groups excluding carboxylic acids is 2. The Kier molecular flexibility index (Phi) is 6.81. The van der Waals surface area contributed by atoms with Crippen molar-refractivity contribution in [1.29, 1.82) is 0 Å². The van der Waals surface area contributed by atoms with Gasteiger partial charge in [0.15, 0.2) is 0 Å². The van der Waals surface area contributed by atoms with Gasteiger partial charge in [0.25, 0.3) is 15.9 Å². The molecule has 0 aliphatic heterocycles. The molecule has 0 radical (unpaired) electrons. The third-order valence-corrected chi connectivity index (χ3v) is 6.84. The van der Waals surface area contributed by atoms with Gasteiger partial charge in [0.05, 0.1) is 21.2 Å². The number of hydrogen-bond donors (Lipinski definition) is 2. The molecule has 0 bridgehead atoms. The topological polar surface area (TPSA) is 110 Å². The fourth-order valence-electron chi connectivity index (χ4n) is 2.96. The lowest BCUT2D eigenvalue weighted by molar-refractivity contribution is -0.120. The van der Waals surface area contributed by atoms with Gasteiger partial charge < -0.3 is 11.1 Å². The molecule has 0 aliphatic carbocycles. The Labute approximate surface area is 189 Å². The van der Waals surface area contributed by atoms with E-state index in [0.717, 1.165) is 22.5 Å². The number of amides is 2. The SMILES string of the molecule is CN(c1ccc(F)cc1)S(=O)(=O)c1ccc(Cl)c(C(=O)N[C@@H](C(N)=O)c2ccccc2)c1. The molecule has 32 heavy (non-hydrogen) atoms. The van der Waals surface area contributed by atoms with Crippen LogP contribution < -0.4 is 15.4 Å². The number of primary amides is 1. The zero-order chi connectivity index (χ0) is 23.5. The van der Waals surface area contributed by atoms with Crippen LogP contribution in [-0.2, 0) is 14.8 Å². The van der Waals surface area contributed by atoms with Crippen molar-refractivity contribution in [1.82, 2.24) is 5.32 Å². The fraction of sp³-hybridized carbons (Fsp3) is 0.0909. The first kappa shape index (κ1) is 23.2. The average molecular weight is 476 g/mol. The maximum Gasteiger partial charge on any atom is 0.264 e. The molecule has 0 saturated carbocycles. The predicted molar refractivity (Wildman–Crippen MR) is 119 cm³/mol. The van der Waals surface area contributed by atoms with Crippen LogP contribution in [0, 0.1) is 5.82 Å². The van der Waals surface area contributed by atoms with Gasteiger partial charge in [-0.05, 0) is 48.0 Å². The van der Waals surface area contributed by atoms with Crippen LogP contribution in [0.5, 0.6) is 0 Å². The van der Waals surface area contributed by atoms with Crippen molar-refractivity contribution in [3.63, 3.8) is 0 Å². The molecule has 0 aliphatic rings. The molecule has 10 heteroatoms. The van der Waals surface area contributed by atoms with Gasteiger partial charge in [0.1, 0.15) is 11.9 Å². The van der Waals surface area contributed by atoms with E-state index in [1.807, 2.05) is 0 Å². The third kappa shape index (κ3) is 4.90. The van der Waals surface area contributed by atoms with Crippen LogP contribution in [0.1, 0.15) is 22.0 Å². The number of sulfonamides is 1. The van der Waals surface area contributed by atoms with E-state index >= 15 is 0 Å². The molecule has 3 aromatic rings. The summed E-state index contributed by atoms with van der Waals surface area (Å²) in [5.74, 6) is -2.07. The highest BCUT2D eigenvalue weighted by Crippen LogP contribution is 2.26. The molecule has 3 aromatic carbocycles. The monoisotopic (exact) mass is 475 g/mol. The second-order valence-electron chi connectivity index (χ2n) is 6.81. The standard InChI is InChI=1S/C22H19ClFN3O4S/c1-27(16-9-7-15(24)8-10-16)32(30,31)17-11-12-19(23)18(13-17)22(29)26-20(21(25)28)14-5-3-2-4-6-14/h2-13,20H,1H3,(H2,25,28)(H,26,29)/t20-/m1/s1. The van der Waals surface area contributed by atoms with Gasteiger partial charge in [-0.3, -0.25) is 13.9 Å². The Morgan fingerprint density at radius 2 is 1.66 bits per heavy atom. The molecule has 0 unspecified atom stereocenters. The molecule has 0 heterocycles. The number of anilines is 1. The minimum atomic E-state index is -4.09. The van der Waals surface area contributed by atoms with Crippen LogP contribution in [0.3, 0.4) is 0 Å². The molecule has 2 amide bonds. The molecule has 0 spiro atoms. The van der Waals surface area contributed by atoms with Crippen LogP contribution in [0.4, 0.5) is 10.1 Å². The van der Waals surface area contributed by atoms with E-state index in [4.69, 9.17) is 17.3 Å². The molecule has 1 atom stereocenters. The van der Waals surface area contributed by atoms with Crippen LogP contribution >= 0.6 is 11.6 Å². The lowest BCUT2D eigenvalue weighted by Gasteiger charge is -2.20. The Balaban J connectivity index is 1.93. The Hall–Kier alpha value is -3.43. The number of rotatable bonds is 7. The number of halogens is 2. The molecule has 166 valence electrons. The van der Waals surface area contributed by atoms with Crippen molar-refractivity contribution in [2.45, 2.75) is 10.9 Å². The van der Waals surface area contributed by atoms with Gasteiger partial charge in [0, 0.05) is 7.05 Å². The van der Waals surface area contributed by atoms with E-state index in [2.05, 4.69) is 5.32 Å². The smallest absolute Gasteiger partial charge is 0.264 e. The Bertz CT molecular complexity index is 1250. The summed E-state index contributed by atoms with van der Waals surface area (Å²) in [4.78, 5) is 24.5. The van der Waals surface area contributed by atoms with Gasteiger partial charge in [-0.1, -0.05) is 41.9 Å². The van der Waals surface area contributed by atoms with Crippen molar-refractivity contribution >= 4 is 39.1 Å². The molecular formula is C22H19ClFN3O4S. The normalized spacial score (nSPS) is 12.1. The average Bonchev–Trinajstić information content (AvgIpc) is 2.77. The van der Waals surface area contributed by atoms with Gasteiger partial charge in [0.2, 0.25) is 5.91 Å². The minimum Gasteiger partial charge on any atom is -0.368 e. The second-order valence-corrected chi connectivity index (χ2v) is 9.19. The van der Waals surface area contributed by atoms with Crippen molar-refractivity contribution in [3.8, 4) is 0 Å². The first-order chi connectivity index (χ1) is 15.1. The number of nitrogens with two attached hydrogens (primary N) is 1. The first-order valence-electron chi connectivity index (χ1n) is 9.30. The van der Waals surface area contributed by atoms with Crippen LogP contribution in [-0.4, -0.2) is 27.3 Å². The van der Waals surface area contributed by atoms with E-state index in [1.54, 1.807) is 30.3 Å². The van der Waals surface area contributed by atoms with Gasteiger partial charge in [-0.15, -0.1) is 0 Å². The second kappa shape index (κ2) is 9.37. The molecule has 0 saturated heterocycles. The van der Waals surface area contributed by atoms with Gasteiger partial charge >= 0.3 is 0 Å². The van der Waals surface area contributed by atoms with E-state index in [0.29, 0.717) is 5.56 Å². The number of nitrogens with zero attached hydrogens (tertiary/aromatic N) is 1. The lowest BCUT2D eigenvalue weighted by Crippen LogP contribution is -2.37. The minimum absolute atomic E-state index is 0.0119. The van der Waals surface area contributed by atoms with Crippen molar-refractivity contribution in [2.75, 3.05) is 11.4 Å². The molecule has 3 rings (SSSR count). The lowest BCUT2D eigenvalue weighted by atomic mass is 10.1. The quantitative estimate of drug-likeness (QED) is 0.546. The molecule has 0 aromatic heterocycles. The summed E-state index contributed by atoms with van der Waals surface area (Å²) in [5, 5.41) is 2.48. The summed E-state index contributed by atoms with van der Waals surface area (Å²) < 4.78 is 40.2. The third-order valence-electron chi connectivity index (χ3n) is 4.72. The Morgan fingerprint density at radius 1 is 1.03 bits per heavy atom. The summed E-state index contributed by atoms with van der Waals surface area (Å²) in [6.45, 7) is 0. The molecule has 3 N–H and O–H groups in total. The summed E-state index contributed by atoms with van der Waals surface area (Å²) in [6, 6.07) is 15.7. The highest BCUT2D eigenvalue weighted by Gasteiger charge is 2.26. The maximum atomic E-state index is 13.2. The summed E-state index contributed by atoms with van der Waals surface area (Å²) in [5.41, 5.74) is 5.97. The highest BCUT2D eigenvalue weighted by atomic mass is 35.5. The highest BCUT2D eigenvalue weighted by molar-refractivity contribution is 7.92. The number of benzene rings is 3. The van der Waals surface area contributed by atoms with Crippen LogP contribution in [0.15, 0.2) is 77.7 Å². The van der Waals surface area contributed by atoms with Crippen LogP contribution in [0.2, 0.25) is 5.02 Å². The van der Waals surface area contributed by atoms with Gasteiger partial charge in [-0.25, -0.2) is 12.8 Å². The fourth-order valence-corrected chi connectivity index (χ4v) is 4.39. The number of hydrogen-bond acceptors (Lipinski definition) is 4. The summed E-state index contributed by atoms with van der Waals surface area (Å²) in [6.07, 6.45) is 0. The molecule has 7 nitrogen and oxygen atoms in total. The first-order valence-corrected chi connectivity index (χ1v) is 11.1. The van der Waals surface area contributed by atoms with Gasteiger partial charge in [-0.2, -0.15) is 0 Å². The van der Waals surface area contributed by atoms with Crippen molar-refractivity contribution in [3.05, 3.63) is 94.8 Å². The van der Waals surface area contributed by atoms with Crippen LogP contribution in [0.25, 0.3) is 0 Å². The zero-order valence-corrected chi connectivity index (χ0v) is 18.4. The largest absolute Gasteiger partial charge is 0.368 e. The molecule has 0 fully saturated rings. The summed E-state index contributed by atoms with van der Waals surface area (Å²) in [7, 11) is -2.79. The zero-order valence-electron chi connectivity index (χ0n) is 16.8. The predicted octanol–water partition coefficient (Wildman–Crippen LogP) is 3.26. The number of nitrogens with one attached hydrogen (secondary N) is 1. The van der Waals surface area contributed by atoms with E-state index < -0.39 is 33.7 Å². The van der Waals surface area contributed by atoms with E-state index in [9.17, 15) is 22.4 Å². The summed E-state index contributed by atoms with van der Waals surface area (Å²) >= 11 is 6.14. The molecular weight excluding hydrogens is 457 g/mol.